The number of alkyl halides is 1. The third-order valence-electron chi connectivity index (χ3n) is 3.12. The Bertz CT molecular complexity index is 218. The molecule has 1 amide bonds. The minimum Gasteiger partial charge on any atom is -0.337 e. The fourth-order valence-electron chi connectivity index (χ4n) is 2.25. The van der Waals surface area contributed by atoms with Gasteiger partial charge in [-0.25, -0.2) is 4.39 Å². The van der Waals surface area contributed by atoms with Crippen molar-refractivity contribution in [1.29, 1.82) is 0 Å². The molecule has 4 heteroatoms. The Morgan fingerprint density at radius 2 is 2.36 bits per heavy atom. The van der Waals surface area contributed by atoms with E-state index >= 15 is 0 Å². The molecule has 0 bridgehead atoms. The molecule has 0 aromatic heterocycles. The molecule has 0 aliphatic carbocycles. The van der Waals surface area contributed by atoms with E-state index in [-0.39, 0.29) is 24.5 Å². The molecule has 0 radical (unpaired) electrons. The van der Waals surface area contributed by atoms with Crippen LogP contribution in [0.5, 0.6) is 0 Å². The largest absolute Gasteiger partial charge is 0.337 e. The minimum atomic E-state index is -0.369. The van der Waals surface area contributed by atoms with Crippen molar-refractivity contribution in [1.82, 2.24) is 4.90 Å². The van der Waals surface area contributed by atoms with E-state index in [0.717, 1.165) is 37.3 Å². The summed E-state index contributed by atoms with van der Waals surface area (Å²) >= 11 is 1.84. The van der Waals surface area contributed by atoms with Crippen LogP contribution in [0.1, 0.15) is 19.3 Å². The molecule has 2 atom stereocenters. The Labute approximate surface area is 88.2 Å². The fourth-order valence-corrected chi connectivity index (χ4v) is 3.46. The summed E-state index contributed by atoms with van der Waals surface area (Å²) in [7, 11) is 0. The highest BCUT2D eigenvalue weighted by Gasteiger charge is 2.34. The van der Waals surface area contributed by atoms with Gasteiger partial charge in [0.15, 0.2) is 0 Å². The van der Waals surface area contributed by atoms with Crippen LogP contribution < -0.4 is 0 Å². The molecule has 2 aliphatic rings. The number of nitrogens with zero attached hydrogens (tertiary/aromatic N) is 1. The van der Waals surface area contributed by atoms with Crippen molar-refractivity contribution in [3.8, 4) is 0 Å². The van der Waals surface area contributed by atoms with Gasteiger partial charge in [-0.3, -0.25) is 4.79 Å². The molecule has 2 unspecified atom stereocenters. The predicted molar refractivity (Wildman–Crippen MR) is 56.1 cm³/mol. The first kappa shape index (κ1) is 10.3. The second-order valence-corrected chi connectivity index (χ2v) is 5.19. The Morgan fingerprint density at radius 1 is 1.50 bits per heavy atom. The lowest BCUT2D eigenvalue weighted by Crippen LogP contribution is -2.40. The smallest absolute Gasteiger partial charge is 0.226 e. The number of halogens is 1. The second-order valence-electron chi connectivity index (χ2n) is 4.04. The zero-order valence-electron chi connectivity index (χ0n) is 8.25. The average molecular weight is 217 g/mol. The van der Waals surface area contributed by atoms with Gasteiger partial charge < -0.3 is 4.90 Å². The van der Waals surface area contributed by atoms with E-state index in [4.69, 9.17) is 0 Å². The molecule has 80 valence electrons. The molecule has 2 rings (SSSR count). The maximum absolute atomic E-state index is 12.6. The molecular formula is C10H16FNOS. The van der Waals surface area contributed by atoms with Gasteiger partial charge in [0, 0.05) is 18.2 Å². The number of hydrogen-bond acceptors (Lipinski definition) is 2. The summed E-state index contributed by atoms with van der Waals surface area (Å²) in [4.78, 5) is 13.7. The van der Waals surface area contributed by atoms with Crippen molar-refractivity contribution in [3.05, 3.63) is 0 Å². The van der Waals surface area contributed by atoms with Gasteiger partial charge in [0.1, 0.15) is 6.67 Å². The third kappa shape index (κ3) is 1.90. The molecule has 0 aromatic rings. The highest BCUT2D eigenvalue weighted by Crippen LogP contribution is 2.28. The van der Waals surface area contributed by atoms with Crippen LogP contribution in [0.4, 0.5) is 4.39 Å². The summed E-state index contributed by atoms with van der Waals surface area (Å²) < 4.78 is 12.6. The standard InChI is InChI=1S/C10H16FNOS/c11-6-9-2-1-4-12(9)10(13)8-3-5-14-7-8/h8-9H,1-7H2. The van der Waals surface area contributed by atoms with Crippen LogP contribution in [0.25, 0.3) is 0 Å². The van der Waals surface area contributed by atoms with Crippen LogP contribution >= 0.6 is 11.8 Å². The lowest BCUT2D eigenvalue weighted by molar-refractivity contribution is -0.135. The van der Waals surface area contributed by atoms with E-state index < -0.39 is 0 Å². The molecule has 0 saturated carbocycles. The number of likely N-dealkylation sites (tertiary alicyclic amines) is 1. The van der Waals surface area contributed by atoms with E-state index in [1.54, 1.807) is 4.90 Å². The van der Waals surface area contributed by atoms with Crippen LogP contribution in [-0.2, 0) is 4.79 Å². The Morgan fingerprint density at radius 3 is 3.00 bits per heavy atom. The molecule has 0 aromatic carbocycles. The Hall–Kier alpha value is -0.250. The highest BCUT2D eigenvalue weighted by atomic mass is 32.2. The first-order chi connectivity index (χ1) is 6.83. The first-order valence-corrected chi connectivity index (χ1v) is 6.42. The van der Waals surface area contributed by atoms with Gasteiger partial charge in [0.2, 0.25) is 5.91 Å². The van der Waals surface area contributed by atoms with Crippen molar-refractivity contribution in [2.75, 3.05) is 24.7 Å². The summed E-state index contributed by atoms with van der Waals surface area (Å²) in [5.74, 6) is 2.40. The number of amides is 1. The maximum atomic E-state index is 12.6. The quantitative estimate of drug-likeness (QED) is 0.701. The van der Waals surface area contributed by atoms with Crippen LogP contribution in [0.3, 0.4) is 0 Å². The third-order valence-corrected chi connectivity index (χ3v) is 4.28. The SMILES string of the molecule is O=C(C1CCSC1)N1CCCC1CF. The second kappa shape index (κ2) is 4.51. The number of rotatable bonds is 2. The van der Waals surface area contributed by atoms with E-state index in [1.165, 1.54) is 0 Å². The predicted octanol–water partition coefficient (Wildman–Crippen LogP) is 1.70. The molecule has 2 nitrogen and oxygen atoms in total. The average Bonchev–Trinajstić information content (AvgIpc) is 2.87. The zero-order valence-corrected chi connectivity index (χ0v) is 9.06. The van der Waals surface area contributed by atoms with Crippen LogP contribution in [0.15, 0.2) is 0 Å². The van der Waals surface area contributed by atoms with Crippen molar-refractivity contribution in [2.24, 2.45) is 5.92 Å². The van der Waals surface area contributed by atoms with Crippen molar-refractivity contribution >= 4 is 17.7 Å². The van der Waals surface area contributed by atoms with E-state index in [9.17, 15) is 9.18 Å². The molecular weight excluding hydrogens is 201 g/mol. The normalized spacial score (nSPS) is 32.5. The summed E-state index contributed by atoms with van der Waals surface area (Å²) in [6.07, 6.45) is 2.81. The lowest BCUT2D eigenvalue weighted by atomic mass is 10.1. The van der Waals surface area contributed by atoms with Gasteiger partial charge >= 0.3 is 0 Å². The van der Waals surface area contributed by atoms with Crippen molar-refractivity contribution < 1.29 is 9.18 Å². The van der Waals surface area contributed by atoms with Crippen LogP contribution in [0.2, 0.25) is 0 Å². The van der Waals surface area contributed by atoms with Gasteiger partial charge in [-0.05, 0) is 25.0 Å². The maximum Gasteiger partial charge on any atom is 0.226 e. The number of thioether (sulfide) groups is 1. The molecule has 2 saturated heterocycles. The molecule has 14 heavy (non-hydrogen) atoms. The highest BCUT2D eigenvalue weighted by molar-refractivity contribution is 7.99. The fraction of sp³-hybridized carbons (Fsp3) is 0.900. The zero-order chi connectivity index (χ0) is 9.97. The van der Waals surface area contributed by atoms with Gasteiger partial charge in [-0.15, -0.1) is 0 Å². The van der Waals surface area contributed by atoms with Crippen LogP contribution in [0, 0.1) is 5.92 Å². The van der Waals surface area contributed by atoms with E-state index in [1.807, 2.05) is 11.8 Å². The molecule has 0 N–H and O–H groups in total. The van der Waals surface area contributed by atoms with Gasteiger partial charge in [-0.2, -0.15) is 11.8 Å². The summed E-state index contributed by atoms with van der Waals surface area (Å²) in [6.45, 7) is 0.403. The number of hydrogen-bond donors (Lipinski definition) is 0. The van der Waals surface area contributed by atoms with Gasteiger partial charge in [0.25, 0.3) is 0 Å². The first-order valence-electron chi connectivity index (χ1n) is 5.27. The van der Waals surface area contributed by atoms with Crippen LogP contribution in [-0.4, -0.2) is 41.6 Å². The topological polar surface area (TPSA) is 20.3 Å². The molecule has 0 spiro atoms. The lowest BCUT2D eigenvalue weighted by Gasteiger charge is -2.25. The summed E-state index contributed by atoms with van der Waals surface area (Å²) in [5.41, 5.74) is 0. The van der Waals surface area contributed by atoms with E-state index in [0.29, 0.717) is 0 Å². The molecule has 2 fully saturated rings. The van der Waals surface area contributed by atoms with Crippen molar-refractivity contribution in [3.63, 3.8) is 0 Å². The summed E-state index contributed by atoms with van der Waals surface area (Å²) in [6, 6.07) is -0.118. The molecule has 2 aliphatic heterocycles. The minimum absolute atomic E-state index is 0.118. The van der Waals surface area contributed by atoms with E-state index in [2.05, 4.69) is 0 Å². The number of carbonyl (C=O) groups is 1. The Balaban J connectivity index is 1.95. The monoisotopic (exact) mass is 217 g/mol. The van der Waals surface area contributed by atoms with Gasteiger partial charge in [-0.1, -0.05) is 0 Å². The number of carbonyl (C=O) groups excluding carboxylic acids is 1. The Kier molecular flexibility index (Phi) is 3.31. The van der Waals surface area contributed by atoms with Gasteiger partial charge in [0.05, 0.1) is 6.04 Å². The van der Waals surface area contributed by atoms with Crippen molar-refractivity contribution in [2.45, 2.75) is 25.3 Å². The summed E-state index contributed by atoms with van der Waals surface area (Å²) in [5, 5.41) is 0. The molecule has 2 heterocycles.